The minimum atomic E-state index is -1.91. The van der Waals surface area contributed by atoms with E-state index in [-0.39, 0.29) is 199 Å². The molecule has 824 valence electrons. The van der Waals surface area contributed by atoms with Crippen LogP contribution in [0.25, 0.3) is 0 Å². The Kier molecular flexibility index (Phi) is 60.9. The molecule has 0 aliphatic carbocycles. The van der Waals surface area contributed by atoms with Gasteiger partial charge in [0.1, 0.15) is 66.6 Å². The van der Waals surface area contributed by atoms with Gasteiger partial charge in [0, 0.05) is 38.1 Å². The lowest BCUT2D eigenvalue weighted by molar-refractivity contribution is -0.163. The first-order valence-electron chi connectivity index (χ1n) is 49.1. The fraction of sp³-hybridized carbons (Fsp3) is 0.822. The summed E-state index contributed by atoms with van der Waals surface area (Å²) in [5.74, 6) is -1.77. The van der Waals surface area contributed by atoms with Gasteiger partial charge in [-0.15, -0.1) is 12.4 Å². The molecule has 0 aromatic carbocycles. The smallest absolute Gasteiger partial charge is 0.307 e. The zero-order valence-electron chi connectivity index (χ0n) is 91.4. The van der Waals surface area contributed by atoms with Crippen molar-refractivity contribution < 1.29 is 129 Å². The Morgan fingerprint density at radius 3 is 1.06 bits per heavy atom. The number of Topliss-reactive ketones (excluding diaryl/α,β-unsaturated/α-hetero) is 1. The van der Waals surface area contributed by atoms with E-state index in [2.05, 4.69) is 142 Å². The summed E-state index contributed by atoms with van der Waals surface area (Å²) in [5.41, 5.74) is 4.82. The van der Waals surface area contributed by atoms with Gasteiger partial charge >= 0.3 is 23.9 Å². The highest BCUT2D eigenvalue weighted by Gasteiger charge is 2.46. The summed E-state index contributed by atoms with van der Waals surface area (Å²) in [4.78, 5) is 57.1. The molecule has 0 radical (unpaired) electrons. The summed E-state index contributed by atoms with van der Waals surface area (Å²) in [6.45, 7) is 75.7. The Bertz CT molecular complexity index is 3870. The van der Waals surface area contributed by atoms with E-state index in [1.165, 1.54) is 13.8 Å². The molecule has 8 aliphatic rings. The van der Waals surface area contributed by atoms with E-state index in [9.17, 15) is 29.1 Å². The Morgan fingerprint density at radius 2 is 0.723 bits per heavy atom. The molecule has 0 unspecified atom stereocenters. The summed E-state index contributed by atoms with van der Waals surface area (Å²) >= 11 is 33.9. The monoisotopic (exact) mass is 2210 g/mol. The largest absolute Gasteiger partial charge is 0.468 e. The number of nitrogens with two attached hydrogens (primary N) is 1. The number of alkyl halides is 6. The van der Waals surface area contributed by atoms with Crippen molar-refractivity contribution in [1.82, 2.24) is 0 Å². The Balaban J connectivity index is 0.00000161. The average molecular weight is 2220 g/mol. The van der Waals surface area contributed by atoms with Crippen LogP contribution in [-0.4, -0.2) is 294 Å². The number of halogens is 7. The molecule has 8 rings (SSSR count). The van der Waals surface area contributed by atoms with Crippen LogP contribution in [0.15, 0.2) is 72.9 Å². The number of aliphatic hydroxyl groups is 5. The topological polar surface area (TPSA) is 393 Å². The summed E-state index contributed by atoms with van der Waals surface area (Å²) in [5, 5.41) is 53.7. The highest BCUT2D eigenvalue weighted by molar-refractivity contribution is 6.77. The molecule has 2 saturated heterocycles. The minimum absolute atomic E-state index is 0. The van der Waals surface area contributed by atoms with Gasteiger partial charge in [0.05, 0.1) is 132 Å². The van der Waals surface area contributed by atoms with Crippen molar-refractivity contribution in [2.75, 3.05) is 52.9 Å². The fourth-order valence-corrected chi connectivity index (χ4v) is 17.6. The van der Waals surface area contributed by atoms with Crippen LogP contribution in [0.1, 0.15) is 239 Å². The van der Waals surface area contributed by atoms with Gasteiger partial charge in [0.2, 0.25) is 9.69 Å². The van der Waals surface area contributed by atoms with E-state index in [1.807, 2.05) is 133 Å². The van der Waals surface area contributed by atoms with Gasteiger partial charge in [-0.3, -0.25) is 29.4 Å². The van der Waals surface area contributed by atoms with E-state index in [4.69, 9.17) is 180 Å². The molecule has 0 aromatic heterocycles. The lowest BCUT2D eigenvalue weighted by atomic mass is 9.90. The summed E-state index contributed by atoms with van der Waals surface area (Å²) in [6.07, 6.45) is 22.9. The number of rotatable bonds is 25. The number of nitrogens with one attached hydrogen (secondary N) is 1. The lowest BCUT2D eigenvalue weighted by Gasteiger charge is -2.39. The van der Waals surface area contributed by atoms with Crippen LogP contribution < -0.4 is 5.73 Å². The number of hydrogen-bond acceptors (Lipinski definition) is 29. The maximum absolute atomic E-state index is 12.0. The fourth-order valence-electron chi connectivity index (χ4n) is 13.2. The first kappa shape index (κ1) is 139. The van der Waals surface area contributed by atoms with Gasteiger partial charge in [-0.05, 0) is 213 Å². The second-order valence-corrected chi connectivity index (χ2v) is 69.0. The number of aliphatic hydroxyl groups excluding tert-OH is 5. The zero-order chi connectivity index (χ0) is 108. The van der Waals surface area contributed by atoms with Crippen LogP contribution in [-0.2, 0) is 103 Å². The molecule has 0 aromatic rings. The van der Waals surface area contributed by atoms with E-state index >= 15 is 0 Å². The molecule has 24 atom stereocenters. The molecule has 0 saturated carbocycles. The first-order chi connectivity index (χ1) is 63.6. The van der Waals surface area contributed by atoms with Crippen molar-refractivity contribution in [2.45, 2.75) is 458 Å². The number of carbonyl (C=O) groups is 5. The zero-order valence-corrected chi connectivity index (χ0v) is 101. The van der Waals surface area contributed by atoms with E-state index < -0.39 is 100 Å². The second kappa shape index (κ2) is 62.0. The van der Waals surface area contributed by atoms with Crippen molar-refractivity contribution in [3.8, 4) is 0 Å². The Labute approximate surface area is 886 Å². The predicted octanol–water partition coefficient (Wildman–Crippen LogP) is 20.5. The van der Waals surface area contributed by atoms with Gasteiger partial charge in [-0.1, -0.05) is 213 Å². The Hall–Kier alpha value is -2.36. The molecule has 2 fully saturated rings. The second-order valence-electron chi connectivity index (χ2n) is 45.2. The molecular formula is C101H183Cl7N2O27Si4. The van der Waals surface area contributed by atoms with Gasteiger partial charge in [0.15, 0.2) is 39.1 Å². The molecule has 8 heterocycles. The van der Waals surface area contributed by atoms with Crippen LogP contribution in [0.2, 0.25) is 72.5 Å². The number of carbonyl (C=O) groups excluding carboxylic acids is 5. The van der Waals surface area contributed by atoms with Gasteiger partial charge in [-0.25, -0.2) is 0 Å². The van der Waals surface area contributed by atoms with Crippen molar-refractivity contribution in [2.24, 2.45) is 23.5 Å². The summed E-state index contributed by atoms with van der Waals surface area (Å²) in [6, 6.07) is 0.155. The van der Waals surface area contributed by atoms with E-state index in [1.54, 1.807) is 30.4 Å². The minimum Gasteiger partial charge on any atom is -0.468 e. The summed E-state index contributed by atoms with van der Waals surface area (Å²) < 4.78 is 92.2. The van der Waals surface area contributed by atoms with Crippen molar-refractivity contribution in [3.63, 3.8) is 0 Å². The lowest BCUT2D eigenvalue weighted by Crippen LogP contribution is -2.47. The van der Waals surface area contributed by atoms with Gasteiger partial charge < -0.3 is 111 Å². The molecule has 8 N–H and O–H groups in total. The maximum atomic E-state index is 12.0. The number of hydrogen-bond donors (Lipinski definition) is 7. The molecule has 8 aliphatic heterocycles. The van der Waals surface area contributed by atoms with Crippen LogP contribution in [0.3, 0.4) is 0 Å². The molecule has 0 bridgehead atoms. The molecular weight excluding hydrogens is 2030 g/mol. The quantitative estimate of drug-likeness (QED) is 0.00849. The van der Waals surface area contributed by atoms with Crippen LogP contribution >= 0.6 is 82.0 Å². The number of ketones is 1. The normalized spacial score (nSPS) is 29.3. The number of esters is 4. The highest BCUT2D eigenvalue weighted by Crippen LogP contribution is 2.43. The van der Waals surface area contributed by atoms with Crippen LogP contribution in [0.5, 0.6) is 0 Å². The van der Waals surface area contributed by atoms with Crippen LogP contribution in [0.4, 0.5) is 0 Å². The van der Waals surface area contributed by atoms with Crippen molar-refractivity contribution in [3.05, 3.63) is 72.9 Å². The van der Waals surface area contributed by atoms with Crippen molar-refractivity contribution >= 4 is 151 Å². The molecule has 141 heavy (non-hydrogen) atoms. The standard InChI is InChI=1S/C19H36O4Si.C16H27Cl3O3Si.C15H26Cl3NO3Si.C13H24O4.C13H26O3Si.C11H16O5.C7H15NO2.C7H12O3.ClH/c1-14-15(12-17(20)23-18(2,3)4)10-11-16(22-14)13-21-24(8,9)19(5,6)7;1-11-12(9-14(20)16(17,18)19)7-8-13(22-11)10-21-23(5,6)15(2,3)4;1-10-7-8-11(22-13(19)15(16,17)18)12(21-10)9-20-23(5,6)14(2,3)4;1-9-10(5-6-11(8-14)16-9)7-12(15)17-13(2,3)4;1-10-7-8-11(14)12(16-10)9-15-17(5,6)13(2,3)4;1-7-4-5-10(16-9(3)13)11(15-7)6-14-8(2)12;1-5-7(8)3-2-6(4-9)10-5;1-5-2-3-6(9)7(4-8)10-5;/h10-11,14-16H,12-13H2,1-9H3;7-8,11-13H,9-10H2,1-6H3;7-8,10-12,19H,9H2,1-6H3;9-11,14H,5-8H2,1-4H3;7-8,10-12,14H,9H2,1-6H3;4-5,7,10-11H,6H2,1-3H3;5-7,9H,2-4,8H2,1H3;2-3,5-9H,4H2,1H3;1H/t14-,15+,16+;11-,12+,13+;10-,11+,12-;9-,10+,11+;10-,11+,12-;7-,10+,11-;2*5-,6+,7-;/m11111111./s1. The van der Waals surface area contributed by atoms with E-state index in [0.717, 1.165) is 25.7 Å². The summed E-state index contributed by atoms with van der Waals surface area (Å²) in [7, 11) is -7.23. The average Bonchev–Trinajstić information content (AvgIpc) is 0.782. The SMILES string of the molecule is CC(=O)OC[C@H]1O[C@H](C)C=C[C@@H]1OC(C)=O.C[C@@H]1C=C[C@H](O)[C@@H](CO)O1.C[C@@H]1C=C[C@H](O)[C@@H](CO[Si](C)(C)C(C)(C)C)O1.C[C@@H]1C=C[C@H](OC(=N)C(Cl)(Cl)Cl)[C@@H](CO[Si](C)(C)C(C)(C)C)O1.C[C@H]1O[C@H](CO)CC[C@H]1CC(=O)OC(C)(C)C.C[C@H]1O[C@H](CO)CC[C@H]1N.C[C@H]1O[C@H](CO[Si](C)(C)C(C)(C)C)C=C[C@H]1CC(=O)C(Cl)(Cl)Cl.C[C@H]1O[C@H](CO[Si](C)(C)C(C)(C)C)C=C[C@H]1CC(=O)OC(C)(C)C.Cl. The first-order valence-corrected chi connectivity index (χ1v) is 63.0. The molecule has 0 amide bonds. The van der Waals surface area contributed by atoms with Gasteiger partial charge in [-0.2, -0.15) is 0 Å². The third-order valence-corrected chi connectivity index (χ3v) is 45.3. The Morgan fingerprint density at radius 1 is 0.383 bits per heavy atom. The van der Waals surface area contributed by atoms with Crippen LogP contribution in [0, 0.1) is 23.2 Å². The number of ether oxygens (including phenoxy) is 13. The predicted molar refractivity (Wildman–Crippen MR) is 575 cm³/mol. The molecule has 40 heteroatoms. The van der Waals surface area contributed by atoms with E-state index in [0.29, 0.717) is 39.3 Å². The highest BCUT2D eigenvalue weighted by atomic mass is 35.6. The third-order valence-electron chi connectivity index (χ3n) is 26.2. The molecule has 29 nitrogen and oxygen atoms in total. The van der Waals surface area contributed by atoms with Crippen molar-refractivity contribution in [1.29, 1.82) is 5.41 Å². The van der Waals surface area contributed by atoms with Gasteiger partial charge in [0.25, 0.3) is 3.79 Å². The third kappa shape index (κ3) is 55.0. The molecule has 0 spiro atoms. The maximum Gasteiger partial charge on any atom is 0.307 e.